The van der Waals surface area contributed by atoms with E-state index in [1.165, 1.54) is 21.6 Å². The second-order valence-corrected chi connectivity index (χ2v) is 12.8. The summed E-state index contributed by atoms with van der Waals surface area (Å²) in [7, 11) is 0. The topological polar surface area (TPSA) is 130 Å². The molecule has 0 saturated carbocycles. The van der Waals surface area contributed by atoms with Gasteiger partial charge in [-0.3, -0.25) is 19.1 Å². The molecule has 1 unspecified atom stereocenters. The van der Waals surface area contributed by atoms with Crippen LogP contribution in [0.1, 0.15) is 35.5 Å². The number of amides is 1. The van der Waals surface area contributed by atoms with Crippen molar-refractivity contribution < 1.29 is 19.8 Å². The third kappa shape index (κ3) is 7.16. The first-order chi connectivity index (χ1) is 21.4. The summed E-state index contributed by atoms with van der Waals surface area (Å²) in [5.41, 5.74) is 3.98. The smallest absolute Gasteiger partial charge is 0.310 e. The number of carboxylic acids is 1. The van der Waals surface area contributed by atoms with Crippen LogP contribution in [-0.2, 0) is 11.3 Å². The molecule has 6 rings (SSSR count). The fourth-order valence-corrected chi connectivity index (χ4v) is 6.23. The maximum atomic E-state index is 13.6. The number of rotatable bonds is 7. The maximum absolute atomic E-state index is 13.6. The average molecular weight is 628 g/mol. The Morgan fingerprint density at radius 1 is 0.978 bits per heavy atom. The molecule has 2 atom stereocenters. The zero-order valence-electron chi connectivity index (χ0n) is 25.7. The van der Waals surface area contributed by atoms with Crippen molar-refractivity contribution in [3.05, 3.63) is 112 Å². The minimum atomic E-state index is -1.15. The molecule has 11 heteroatoms. The summed E-state index contributed by atoms with van der Waals surface area (Å²) in [5.74, 6) is -2.51. The number of aliphatic hydroxyl groups is 1. The van der Waals surface area contributed by atoms with E-state index in [4.69, 9.17) is 0 Å². The van der Waals surface area contributed by atoms with E-state index in [2.05, 4.69) is 29.4 Å². The molecule has 1 amide bonds. The van der Waals surface area contributed by atoms with Crippen LogP contribution in [0.5, 0.6) is 0 Å². The van der Waals surface area contributed by atoms with Crippen molar-refractivity contribution in [3.63, 3.8) is 0 Å². The molecule has 3 N–H and O–H groups in total. The van der Waals surface area contributed by atoms with Crippen molar-refractivity contribution in [2.24, 2.45) is 5.92 Å². The van der Waals surface area contributed by atoms with E-state index in [0.29, 0.717) is 11.4 Å². The van der Waals surface area contributed by atoms with Gasteiger partial charge < -0.3 is 20.4 Å². The van der Waals surface area contributed by atoms with Crippen LogP contribution in [-0.4, -0.2) is 61.2 Å². The lowest BCUT2D eigenvalue weighted by Crippen LogP contribution is -2.44. The predicted octanol–water partition coefficient (Wildman–Crippen LogP) is 4.64. The maximum Gasteiger partial charge on any atom is 0.310 e. The molecular weight excluding hydrogens is 590 g/mol. The number of fused-ring (bicyclic) bond motifs is 1. The highest BCUT2D eigenvalue weighted by Crippen LogP contribution is 2.29. The van der Waals surface area contributed by atoms with E-state index in [9.17, 15) is 24.6 Å². The molecule has 2 aromatic heterocycles. The number of benzene rings is 3. The largest absolute Gasteiger partial charge is 0.481 e. The molecule has 234 valence electrons. The molecule has 3 aromatic carbocycles. The van der Waals surface area contributed by atoms with Crippen LogP contribution >= 0.6 is 11.3 Å². The monoisotopic (exact) mass is 627 g/mol. The Bertz CT molecular complexity index is 1860. The minimum Gasteiger partial charge on any atom is -0.481 e. The summed E-state index contributed by atoms with van der Waals surface area (Å²) < 4.78 is 3.96. The standard InChI is InChI=1S/C27H29N5O5S.C7H8/c1-16-23(25(34)32(17-7-5-4-6-8-17)31(16)14-27(2,3)37)24(33)29-21-13-30(12-19(21)26(35)36)18-9-10-20-22(11-18)38-15-28-20;1-7-5-3-2-4-6-7/h4-11,15,19,21,37H,12-14H2,1-3H3,(H,29,33)(H,35,36);2-6H,1H3/t19?,21-;/m1./s1. The second-order valence-electron chi connectivity index (χ2n) is 11.9. The first-order valence-corrected chi connectivity index (χ1v) is 15.5. The molecule has 45 heavy (non-hydrogen) atoms. The SMILES string of the molecule is Cc1c(C(=O)N[C@@H]2CN(c3ccc4ncsc4c3)CC2C(=O)O)c(=O)n(-c2ccccc2)n1CC(C)(C)O.Cc1ccccc1. The fraction of sp³-hybridized carbons (Fsp3) is 0.294. The van der Waals surface area contributed by atoms with Crippen LogP contribution in [0.15, 0.2) is 89.2 Å². The highest BCUT2D eigenvalue weighted by molar-refractivity contribution is 7.16. The number of aliphatic carboxylic acids is 1. The van der Waals surface area contributed by atoms with Gasteiger partial charge in [0.2, 0.25) is 0 Å². The number of nitrogens with one attached hydrogen (secondary N) is 1. The lowest BCUT2D eigenvalue weighted by molar-refractivity contribution is -0.141. The first kappa shape index (κ1) is 31.7. The van der Waals surface area contributed by atoms with Crippen LogP contribution in [0.4, 0.5) is 5.69 Å². The molecule has 0 spiro atoms. The average Bonchev–Trinajstić information content (AvgIpc) is 3.69. The van der Waals surface area contributed by atoms with Crippen LogP contribution in [0.25, 0.3) is 15.9 Å². The Labute approximate surface area is 265 Å². The molecule has 0 radical (unpaired) electrons. The molecule has 1 fully saturated rings. The van der Waals surface area contributed by atoms with Crippen LogP contribution in [0.3, 0.4) is 0 Å². The number of carbonyl (C=O) groups is 2. The van der Waals surface area contributed by atoms with E-state index >= 15 is 0 Å². The van der Waals surface area contributed by atoms with Gasteiger partial charge in [-0.25, -0.2) is 9.67 Å². The van der Waals surface area contributed by atoms with E-state index in [0.717, 1.165) is 15.9 Å². The molecule has 1 aliphatic rings. The summed E-state index contributed by atoms with van der Waals surface area (Å²) in [6.45, 7) is 7.56. The number of hydrogen-bond acceptors (Lipinski definition) is 7. The summed E-state index contributed by atoms with van der Waals surface area (Å²) in [4.78, 5) is 45.5. The van der Waals surface area contributed by atoms with Gasteiger partial charge in [0.1, 0.15) is 5.56 Å². The molecular formula is C34H37N5O5S. The van der Waals surface area contributed by atoms with Gasteiger partial charge in [-0.1, -0.05) is 54.1 Å². The molecule has 1 saturated heterocycles. The van der Waals surface area contributed by atoms with E-state index in [-0.39, 0.29) is 25.2 Å². The lowest BCUT2D eigenvalue weighted by Gasteiger charge is -2.22. The van der Waals surface area contributed by atoms with Gasteiger partial charge in [-0.2, -0.15) is 0 Å². The number of hydrogen-bond donors (Lipinski definition) is 3. The quantitative estimate of drug-likeness (QED) is 0.240. The van der Waals surface area contributed by atoms with Crippen LogP contribution < -0.4 is 15.8 Å². The summed E-state index contributed by atoms with van der Waals surface area (Å²) in [6.07, 6.45) is 0. The fourth-order valence-electron chi connectivity index (χ4n) is 5.52. The van der Waals surface area contributed by atoms with Gasteiger partial charge in [0.25, 0.3) is 11.5 Å². The predicted molar refractivity (Wildman–Crippen MR) is 176 cm³/mol. The Kier molecular flexibility index (Phi) is 9.21. The molecule has 0 aliphatic carbocycles. The number of anilines is 1. The van der Waals surface area contributed by atoms with Gasteiger partial charge in [-0.05, 0) is 58.0 Å². The second kappa shape index (κ2) is 13.1. The van der Waals surface area contributed by atoms with Crippen LogP contribution in [0, 0.1) is 19.8 Å². The van der Waals surface area contributed by atoms with Gasteiger partial charge in [0.15, 0.2) is 0 Å². The number of para-hydroxylation sites is 1. The van der Waals surface area contributed by atoms with Gasteiger partial charge in [0, 0.05) is 18.8 Å². The number of aryl methyl sites for hydroxylation is 1. The minimum absolute atomic E-state index is 0.0747. The Hall–Kier alpha value is -4.74. The summed E-state index contributed by atoms with van der Waals surface area (Å²) in [6, 6.07) is 24.2. The lowest BCUT2D eigenvalue weighted by atomic mass is 10.0. The van der Waals surface area contributed by atoms with E-state index in [1.54, 1.807) is 55.2 Å². The van der Waals surface area contributed by atoms with Crippen molar-refractivity contribution in [3.8, 4) is 5.69 Å². The number of carbonyl (C=O) groups excluding carboxylic acids is 1. The van der Waals surface area contributed by atoms with Gasteiger partial charge >= 0.3 is 5.97 Å². The Morgan fingerprint density at radius 3 is 2.24 bits per heavy atom. The number of thiazole rings is 1. The Morgan fingerprint density at radius 2 is 1.64 bits per heavy atom. The summed E-state index contributed by atoms with van der Waals surface area (Å²) >= 11 is 1.50. The molecule has 0 bridgehead atoms. The number of aromatic nitrogens is 3. The molecule has 10 nitrogen and oxygen atoms in total. The molecule has 3 heterocycles. The van der Waals surface area contributed by atoms with E-state index in [1.807, 2.05) is 47.4 Å². The van der Waals surface area contributed by atoms with Crippen molar-refractivity contribution >= 4 is 39.1 Å². The van der Waals surface area contributed by atoms with Crippen molar-refractivity contribution in [1.82, 2.24) is 19.7 Å². The van der Waals surface area contributed by atoms with Crippen molar-refractivity contribution in [1.29, 1.82) is 0 Å². The first-order valence-electron chi connectivity index (χ1n) is 14.7. The summed E-state index contributed by atoms with van der Waals surface area (Å²) in [5, 5.41) is 23.3. The highest BCUT2D eigenvalue weighted by Gasteiger charge is 2.40. The van der Waals surface area contributed by atoms with Gasteiger partial charge in [0.05, 0.1) is 51.2 Å². The molecule has 1 aliphatic heterocycles. The molecule has 5 aromatic rings. The highest BCUT2D eigenvalue weighted by atomic mass is 32.1. The van der Waals surface area contributed by atoms with Gasteiger partial charge in [-0.15, -0.1) is 11.3 Å². The number of nitrogens with zero attached hydrogens (tertiary/aromatic N) is 4. The van der Waals surface area contributed by atoms with Crippen molar-refractivity contribution in [2.75, 3.05) is 18.0 Å². The van der Waals surface area contributed by atoms with E-state index < -0.39 is 35.0 Å². The third-order valence-corrected chi connectivity index (χ3v) is 8.53. The van der Waals surface area contributed by atoms with Crippen LogP contribution in [0.2, 0.25) is 0 Å². The normalized spacial score (nSPS) is 16.3. The Balaban J connectivity index is 0.000000505. The van der Waals surface area contributed by atoms with Crippen molar-refractivity contribution in [2.45, 2.75) is 45.9 Å². The zero-order valence-corrected chi connectivity index (χ0v) is 26.5. The number of carboxylic acid groups (broad SMARTS) is 1. The zero-order chi connectivity index (χ0) is 32.3. The third-order valence-electron chi connectivity index (χ3n) is 7.74.